The van der Waals surface area contributed by atoms with Crippen LogP contribution in [-0.4, -0.2) is 17.8 Å². The zero-order valence-electron chi connectivity index (χ0n) is 14.3. The highest BCUT2D eigenvalue weighted by Crippen LogP contribution is 2.30. The fourth-order valence-corrected chi connectivity index (χ4v) is 3.13. The summed E-state index contributed by atoms with van der Waals surface area (Å²) in [6.07, 6.45) is 4.56. The number of fused-ring (bicyclic) bond motifs is 1. The van der Waals surface area contributed by atoms with E-state index in [9.17, 15) is 0 Å². The van der Waals surface area contributed by atoms with Gasteiger partial charge in [-0.15, -0.1) is 0 Å². The van der Waals surface area contributed by atoms with Gasteiger partial charge in [0.05, 0.1) is 24.7 Å². The molecule has 4 rings (SSSR count). The molecule has 0 fully saturated rings. The van der Waals surface area contributed by atoms with Crippen LogP contribution in [-0.2, 0) is 19.3 Å². The highest BCUT2D eigenvalue weighted by Gasteiger charge is 2.16. The number of aliphatic imine (C=N–C) groups is 1. The van der Waals surface area contributed by atoms with E-state index < -0.39 is 0 Å². The van der Waals surface area contributed by atoms with E-state index in [0.29, 0.717) is 0 Å². The molecule has 0 saturated heterocycles. The van der Waals surface area contributed by atoms with Gasteiger partial charge in [-0.05, 0) is 47.7 Å². The van der Waals surface area contributed by atoms with Crippen LogP contribution in [0.2, 0.25) is 0 Å². The maximum Gasteiger partial charge on any atom is 0.137 e. The first kappa shape index (κ1) is 15.6. The normalized spacial score (nSPS) is 12.6. The van der Waals surface area contributed by atoms with Crippen molar-refractivity contribution in [3.8, 4) is 5.75 Å². The molecule has 0 bridgehead atoms. The molecule has 2 heterocycles. The average molecular weight is 328 g/mol. The van der Waals surface area contributed by atoms with Gasteiger partial charge in [-0.3, -0.25) is 9.98 Å². The van der Waals surface area contributed by atoms with Crippen LogP contribution in [0.1, 0.15) is 22.4 Å². The van der Waals surface area contributed by atoms with Gasteiger partial charge in [0.1, 0.15) is 5.75 Å². The van der Waals surface area contributed by atoms with Crippen molar-refractivity contribution in [1.82, 2.24) is 4.98 Å². The minimum atomic E-state index is 0.795. The fraction of sp³-hybridized carbons (Fsp3) is 0.182. The summed E-state index contributed by atoms with van der Waals surface area (Å²) in [5.41, 5.74) is 7.17. The molecule has 3 nitrogen and oxygen atoms in total. The van der Waals surface area contributed by atoms with E-state index in [4.69, 9.17) is 9.73 Å². The lowest BCUT2D eigenvalue weighted by Crippen LogP contribution is -1.99. The molecule has 0 radical (unpaired) electrons. The Bertz CT molecular complexity index is 899. The van der Waals surface area contributed by atoms with Crippen molar-refractivity contribution in [2.24, 2.45) is 4.99 Å². The lowest BCUT2D eigenvalue weighted by molar-refractivity contribution is 0.412. The Balaban J connectivity index is 1.47. The van der Waals surface area contributed by atoms with Gasteiger partial charge in [-0.2, -0.15) is 0 Å². The number of aryl methyl sites for hydroxylation is 2. The van der Waals surface area contributed by atoms with E-state index in [1.165, 1.54) is 16.7 Å². The zero-order valence-corrected chi connectivity index (χ0v) is 14.3. The van der Waals surface area contributed by atoms with Crippen LogP contribution in [0.15, 0.2) is 71.9 Å². The summed E-state index contributed by atoms with van der Waals surface area (Å²) >= 11 is 0. The molecule has 0 unspecified atom stereocenters. The van der Waals surface area contributed by atoms with E-state index in [0.717, 1.165) is 42.1 Å². The molecule has 0 saturated carbocycles. The van der Waals surface area contributed by atoms with E-state index in [2.05, 4.69) is 47.4 Å². The van der Waals surface area contributed by atoms with E-state index in [1.54, 1.807) is 13.3 Å². The van der Waals surface area contributed by atoms with Gasteiger partial charge in [0.2, 0.25) is 0 Å². The van der Waals surface area contributed by atoms with Gasteiger partial charge >= 0.3 is 0 Å². The third-order valence-corrected chi connectivity index (χ3v) is 4.57. The standard InChI is InChI=1S/C22H20N2O/c1-25-20-12-11-19(23-15-20)10-8-16-7-9-18-14-22(24-21(18)13-16)17-5-3-2-4-6-17/h2-7,9,11-13,15H,8,10,14H2,1H3. The minimum Gasteiger partial charge on any atom is -0.495 e. The smallest absolute Gasteiger partial charge is 0.137 e. The van der Waals surface area contributed by atoms with Gasteiger partial charge in [-0.1, -0.05) is 42.5 Å². The molecule has 124 valence electrons. The molecule has 1 aliphatic heterocycles. The summed E-state index contributed by atoms with van der Waals surface area (Å²) in [4.78, 5) is 9.28. The molecule has 0 spiro atoms. The molecule has 1 aliphatic rings. The Morgan fingerprint density at radius 3 is 2.60 bits per heavy atom. The third kappa shape index (κ3) is 3.45. The number of hydrogen-bond acceptors (Lipinski definition) is 3. The van der Waals surface area contributed by atoms with E-state index in [-0.39, 0.29) is 0 Å². The second-order valence-corrected chi connectivity index (χ2v) is 6.25. The summed E-state index contributed by atoms with van der Waals surface area (Å²) in [5, 5.41) is 0. The van der Waals surface area contributed by atoms with Crippen LogP contribution >= 0.6 is 0 Å². The van der Waals surface area contributed by atoms with Gasteiger partial charge in [0.15, 0.2) is 0 Å². The van der Waals surface area contributed by atoms with Crippen LogP contribution in [0.5, 0.6) is 5.75 Å². The Morgan fingerprint density at radius 2 is 1.84 bits per heavy atom. The molecule has 25 heavy (non-hydrogen) atoms. The summed E-state index contributed by atoms with van der Waals surface area (Å²) in [6.45, 7) is 0. The van der Waals surface area contributed by atoms with Crippen LogP contribution in [0.3, 0.4) is 0 Å². The lowest BCUT2D eigenvalue weighted by atomic mass is 10.0. The number of ether oxygens (including phenoxy) is 1. The second-order valence-electron chi connectivity index (χ2n) is 6.25. The molecule has 0 aliphatic carbocycles. The fourth-order valence-electron chi connectivity index (χ4n) is 3.13. The SMILES string of the molecule is COc1ccc(CCc2ccc3c(c2)N=C(c2ccccc2)C3)nc1. The van der Waals surface area contributed by atoms with Crippen molar-refractivity contribution in [3.05, 3.63) is 89.2 Å². The molecule has 3 aromatic rings. The Hall–Kier alpha value is -2.94. The molecular formula is C22H20N2O. The molecule has 2 aromatic carbocycles. The number of aromatic nitrogens is 1. The van der Waals surface area contributed by atoms with Crippen molar-refractivity contribution >= 4 is 11.4 Å². The predicted molar refractivity (Wildman–Crippen MR) is 101 cm³/mol. The molecule has 3 heteroatoms. The Labute approximate surface area is 148 Å². The topological polar surface area (TPSA) is 34.5 Å². The second kappa shape index (κ2) is 6.89. The molecule has 0 atom stereocenters. The summed E-state index contributed by atoms with van der Waals surface area (Å²) in [7, 11) is 1.66. The number of pyridine rings is 1. The van der Waals surface area contributed by atoms with Crippen LogP contribution in [0.25, 0.3) is 0 Å². The largest absolute Gasteiger partial charge is 0.495 e. The zero-order chi connectivity index (χ0) is 17.1. The Kier molecular flexibility index (Phi) is 4.30. The Morgan fingerprint density at radius 1 is 0.960 bits per heavy atom. The number of hydrogen-bond donors (Lipinski definition) is 0. The maximum atomic E-state index is 5.15. The van der Waals surface area contributed by atoms with Gasteiger partial charge in [-0.25, -0.2) is 0 Å². The minimum absolute atomic E-state index is 0.795. The number of methoxy groups -OCH3 is 1. The van der Waals surface area contributed by atoms with Crippen LogP contribution in [0, 0.1) is 0 Å². The lowest BCUT2D eigenvalue weighted by Gasteiger charge is -2.05. The van der Waals surface area contributed by atoms with Crippen molar-refractivity contribution in [3.63, 3.8) is 0 Å². The molecular weight excluding hydrogens is 308 g/mol. The van der Waals surface area contributed by atoms with Crippen molar-refractivity contribution in [2.75, 3.05) is 7.11 Å². The predicted octanol–water partition coefficient (Wildman–Crippen LogP) is 4.55. The number of nitrogens with zero attached hydrogens (tertiary/aromatic N) is 2. The number of benzene rings is 2. The molecule has 0 amide bonds. The number of rotatable bonds is 5. The first-order valence-corrected chi connectivity index (χ1v) is 8.55. The average Bonchev–Trinajstić information content (AvgIpc) is 3.11. The van der Waals surface area contributed by atoms with Crippen LogP contribution in [0.4, 0.5) is 5.69 Å². The first-order chi connectivity index (χ1) is 12.3. The van der Waals surface area contributed by atoms with Crippen LogP contribution < -0.4 is 4.74 Å². The monoisotopic (exact) mass is 328 g/mol. The maximum absolute atomic E-state index is 5.15. The third-order valence-electron chi connectivity index (χ3n) is 4.57. The van der Waals surface area contributed by atoms with Crippen molar-refractivity contribution in [1.29, 1.82) is 0 Å². The highest BCUT2D eigenvalue weighted by atomic mass is 16.5. The van der Waals surface area contributed by atoms with Gasteiger partial charge in [0.25, 0.3) is 0 Å². The van der Waals surface area contributed by atoms with Crippen molar-refractivity contribution in [2.45, 2.75) is 19.3 Å². The summed E-state index contributed by atoms with van der Waals surface area (Å²) in [6, 6.07) is 21.0. The molecule has 1 aromatic heterocycles. The van der Waals surface area contributed by atoms with Gasteiger partial charge < -0.3 is 4.74 Å². The van der Waals surface area contributed by atoms with Crippen molar-refractivity contribution < 1.29 is 4.74 Å². The van der Waals surface area contributed by atoms with E-state index >= 15 is 0 Å². The quantitative estimate of drug-likeness (QED) is 0.688. The first-order valence-electron chi connectivity index (χ1n) is 8.55. The van der Waals surface area contributed by atoms with Gasteiger partial charge in [0, 0.05) is 12.1 Å². The highest BCUT2D eigenvalue weighted by molar-refractivity contribution is 6.06. The van der Waals surface area contributed by atoms with E-state index in [1.807, 2.05) is 18.2 Å². The summed E-state index contributed by atoms with van der Waals surface area (Å²) in [5.74, 6) is 0.795. The summed E-state index contributed by atoms with van der Waals surface area (Å²) < 4.78 is 5.15. The molecule has 0 N–H and O–H groups in total.